The van der Waals surface area contributed by atoms with Gasteiger partial charge in [0.15, 0.2) is 0 Å². The third kappa shape index (κ3) is 7.02. The molecule has 48 heavy (non-hydrogen) atoms. The van der Waals surface area contributed by atoms with Gasteiger partial charge in [-0.05, 0) is 121 Å². The van der Waals surface area contributed by atoms with Crippen molar-refractivity contribution in [3.8, 4) is 23.0 Å². The van der Waals surface area contributed by atoms with Crippen LogP contribution < -0.4 is 40.2 Å². The molecule has 0 fully saturated rings. The lowest BCUT2D eigenvalue weighted by Gasteiger charge is -2.30. The van der Waals surface area contributed by atoms with E-state index in [1.54, 1.807) is 28.4 Å². The molecule has 4 aromatic rings. The summed E-state index contributed by atoms with van der Waals surface area (Å²) in [6.07, 6.45) is 11.4. The summed E-state index contributed by atoms with van der Waals surface area (Å²) in [6.45, 7) is 4.83. The Labute approximate surface area is 288 Å². The Bertz CT molecular complexity index is 1590. The van der Waals surface area contributed by atoms with Crippen LogP contribution in [-0.2, 0) is 0 Å². The van der Waals surface area contributed by atoms with Crippen molar-refractivity contribution in [1.29, 1.82) is 0 Å². The molecule has 0 N–H and O–H groups in total. The van der Waals surface area contributed by atoms with Gasteiger partial charge in [-0.25, -0.2) is 0 Å². The average molecular weight is 675 g/mol. The van der Waals surface area contributed by atoms with Crippen LogP contribution in [0.3, 0.4) is 0 Å². The predicted molar refractivity (Wildman–Crippen MR) is 205 cm³/mol. The lowest BCUT2D eigenvalue weighted by atomic mass is 9.95. The fourth-order valence-electron chi connectivity index (χ4n) is 6.86. The minimum absolute atomic E-state index is 0.310. The van der Waals surface area contributed by atoms with Crippen molar-refractivity contribution < 1.29 is 18.9 Å². The van der Waals surface area contributed by atoms with E-state index in [1.165, 1.54) is 43.5 Å². The molecule has 0 unspecified atom stereocenters. The molecule has 0 aromatic heterocycles. The van der Waals surface area contributed by atoms with Gasteiger partial charge in [-0.15, -0.1) is 0 Å². The monoisotopic (exact) mass is 674 g/mol. The SMILES string of the molecule is COc1ccc(P(c2ccc(OC)cc2)[C@@H](C)C2=C(C3=C([C@H](C)P(c4ccc(OC)cc4)c4ccc(OC)cc4)C=CC3)CC=C2)cc1. The van der Waals surface area contributed by atoms with Gasteiger partial charge < -0.3 is 18.9 Å². The maximum Gasteiger partial charge on any atom is 0.118 e. The standard InChI is InChI=1S/C42H44O4P2/c1-29(47(35-21-13-31(43-3)14-22-35)36-23-15-32(44-4)16-24-36)39-9-7-11-41(39)42-12-8-10-40(42)30(2)48(37-25-17-33(45-5)18-26-37)38-27-19-34(46-6)20-28-38/h7-10,13-30H,11-12H2,1-6H3/t29-,30-/m0/s1. The third-order valence-electron chi connectivity index (χ3n) is 9.38. The molecule has 4 aromatic carbocycles. The molecule has 6 rings (SSSR count). The molecular formula is C42H44O4P2. The minimum atomic E-state index is -0.706. The topological polar surface area (TPSA) is 36.9 Å². The quantitative estimate of drug-likeness (QED) is 0.133. The lowest BCUT2D eigenvalue weighted by Crippen LogP contribution is -2.22. The van der Waals surface area contributed by atoms with Crippen LogP contribution in [0.5, 0.6) is 23.0 Å². The summed E-state index contributed by atoms with van der Waals surface area (Å²) in [6, 6.07) is 34.6. The van der Waals surface area contributed by atoms with Gasteiger partial charge in [0.1, 0.15) is 23.0 Å². The zero-order valence-corrected chi connectivity index (χ0v) is 30.4. The fourth-order valence-corrected chi connectivity index (χ4v) is 12.2. The summed E-state index contributed by atoms with van der Waals surface area (Å²) in [4.78, 5) is 0. The van der Waals surface area contributed by atoms with Crippen LogP contribution in [0.15, 0.2) is 144 Å². The summed E-state index contributed by atoms with van der Waals surface area (Å²) < 4.78 is 22.1. The fraction of sp³-hybridized carbons (Fsp3) is 0.238. The maximum absolute atomic E-state index is 5.52. The van der Waals surface area contributed by atoms with Crippen LogP contribution in [0.1, 0.15) is 26.7 Å². The van der Waals surface area contributed by atoms with Gasteiger partial charge in [-0.2, -0.15) is 0 Å². The van der Waals surface area contributed by atoms with Gasteiger partial charge in [-0.3, -0.25) is 0 Å². The predicted octanol–water partition coefficient (Wildman–Crippen LogP) is 8.58. The zero-order chi connectivity index (χ0) is 33.6. The van der Waals surface area contributed by atoms with E-state index in [0.717, 1.165) is 35.8 Å². The molecule has 2 aliphatic carbocycles. The van der Waals surface area contributed by atoms with Crippen LogP contribution >= 0.6 is 15.8 Å². The van der Waals surface area contributed by atoms with Crippen molar-refractivity contribution in [3.63, 3.8) is 0 Å². The molecule has 4 nitrogen and oxygen atoms in total. The van der Waals surface area contributed by atoms with Crippen LogP contribution in [-0.4, -0.2) is 39.8 Å². The Morgan fingerprint density at radius 2 is 0.667 bits per heavy atom. The van der Waals surface area contributed by atoms with Gasteiger partial charge in [0.2, 0.25) is 0 Å². The van der Waals surface area contributed by atoms with Crippen molar-refractivity contribution in [2.75, 3.05) is 28.4 Å². The highest BCUT2D eigenvalue weighted by molar-refractivity contribution is 7.74. The number of hydrogen-bond donors (Lipinski definition) is 0. The van der Waals surface area contributed by atoms with E-state index >= 15 is 0 Å². The molecule has 2 atom stereocenters. The van der Waals surface area contributed by atoms with E-state index in [-0.39, 0.29) is 0 Å². The smallest absolute Gasteiger partial charge is 0.118 e. The molecule has 0 saturated heterocycles. The van der Waals surface area contributed by atoms with Crippen LogP contribution in [0, 0.1) is 0 Å². The summed E-state index contributed by atoms with van der Waals surface area (Å²) in [5.41, 5.74) is 6.50. The van der Waals surface area contributed by atoms with Gasteiger partial charge in [0.05, 0.1) is 28.4 Å². The average Bonchev–Trinajstić information content (AvgIpc) is 3.83. The second-order valence-corrected chi connectivity index (χ2v) is 17.1. The number of hydrogen-bond acceptors (Lipinski definition) is 4. The second kappa shape index (κ2) is 15.4. The summed E-state index contributed by atoms with van der Waals surface area (Å²) in [7, 11) is 5.48. The van der Waals surface area contributed by atoms with E-state index in [0.29, 0.717) is 11.3 Å². The van der Waals surface area contributed by atoms with Crippen LogP contribution in [0.25, 0.3) is 0 Å². The van der Waals surface area contributed by atoms with E-state index in [1.807, 2.05) is 0 Å². The van der Waals surface area contributed by atoms with E-state index in [2.05, 4.69) is 135 Å². The first kappa shape index (κ1) is 33.8. The largest absolute Gasteiger partial charge is 0.497 e. The first-order valence-electron chi connectivity index (χ1n) is 16.4. The normalized spacial score (nSPS) is 15.4. The third-order valence-corrected chi connectivity index (χ3v) is 14.9. The summed E-state index contributed by atoms with van der Waals surface area (Å²) in [5.74, 6) is 3.51. The van der Waals surface area contributed by atoms with Crippen molar-refractivity contribution in [1.82, 2.24) is 0 Å². The highest BCUT2D eigenvalue weighted by Gasteiger charge is 2.32. The Kier molecular flexibility index (Phi) is 10.9. The summed E-state index contributed by atoms with van der Waals surface area (Å²) >= 11 is 0. The Morgan fingerprint density at radius 3 is 0.896 bits per heavy atom. The molecule has 0 aliphatic heterocycles. The van der Waals surface area contributed by atoms with Gasteiger partial charge >= 0.3 is 0 Å². The molecule has 0 amide bonds. The van der Waals surface area contributed by atoms with E-state index < -0.39 is 15.8 Å². The number of benzene rings is 4. The molecule has 0 spiro atoms. The number of rotatable bonds is 13. The minimum Gasteiger partial charge on any atom is -0.497 e. The second-order valence-electron chi connectivity index (χ2n) is 12.0. The number of methoxy groups -OCH3 is 4. The molecule has 0 bridgehead atoms. The molecule has 246 valence electrons. The van der Waals surface area contributed by atoms with Crippen LogP contribution in [0.2, 0.25) is 0 Å². The molecule has 0 saturated carbocycles. The van der Waals surface area contributed by atoms with Crippen molar-refractivity contribution >= 4 is 37.1 Å². The Morgan fingerprint density at radius 1 is 0.417 bits per heavy atom. The molecule has 0 heterocycles. The Hall–Kier alpha value is -4.10. The first-order valence-corrected chi connectivity index (χ1v) is 19.2. The zero-order valence-electron chi connectivity index (χ0n) is 28.6. The Balaban J connectivity index is 1.42. The molecule has 0 radical (unpaired) electrons. The highest BCUT2D eigenvalue weighted by atomic mass is 31.1. The maximum atomic E-state index is 5.52. The van der Waals surface area contributed by atoms with Gasteiger partial charge in [-0.1, -0.05) is 86.7 Å². The first-order chi connectivity index (χ1) is 23.4. The number of ether oxygens (including phenoxy) is 4. The molecule has 2 aliphatic rings. The molecule has 6 heteroatoms. The van der Waals surface area contributed by atoms with Crippen molar-refractivity contribution in [2.45, 2.75) is 38.0 Å². The van der Waals surface area contributed by atoms with Crippen molar-refractivity contribution in [2.24, 2.45) is 0 Å². The van der Waals surface area contributed by atoms with E-state index in [4.69, 9.17) is 18.9 Å². The lowest BCUT2D eigenvalue weighted by molar-refractivity contribution is 0.415. The van der Waals surface area contributed by atoms with Gasteiger partial charge in [0, 0.05) is 11.3 Å². The highest BCUT2D eigenvalue weighted by Crippen LogP contribution is 2.51. The van der Waals surface area contributed by atoms with Crippen LogP contribution in [0.4, 0.5) is 0 Å². The summed E-state index contributed by atoms with van der Waals surface area (Å²) in [5, 5.41) is 5.35. The van der Waals surface area contributed by atoms with Crippen molar-refractivity contribution in [3.05, 3.63) is 144 Å². The van der Waals surface area contributed by atoms with Gasteiger partial charge in [0.25, 0.3) is 0 Å². The number of allylic oxidation sites excluding steroid dienone is 8. The molecular weight excluding hydrogens is 630 g/mol. The van der Waals surface area contributed by atoms with E-state index in [9.17, 15) is 0 Å².